The van der Waals surface area contributed by atoms with Crippen LogP contribution in [0.2, 0.25) is 0 Å². The Balaban J connectivity index is 1.64. The minimum Gasteiger partial charge on any atom is -0.374 e. The summed E-state index contributed by atoms with van der Waals surface area (Å²) >= 11 is 1.58. The van der Waals surface area contributed by atoms with Gasteiger partial charge in [-0.25, -0.2) is 0 Å². The van der Waals surface area contributed by atoms with Gasteiger partial charge in [0.15, 0.2) is 0 Å². The zero-order valence-electron chi connectivity index (χ0n) is 12.0. The summed E-state index contributed by atoms with van der Waals surface area (Å²) < 4.78 is 5.82. The molecule has 20 heavy (non-hydrogen) atoms. The number of rotatable bonds is 5. The van der Waals surface area contributed by atoms with Gasteiger partial charge >= 0.3 is 0 Å². The number of ether oxygens (including phenoxy) is 1. The number of hydrogen-bond acceptors (Lipinski definition) is 4. The third-order valence-corrected chi connectivity index (χ3v) is 4.68. The van der Waals surface area contributed by atoms with Crippen LogP contribution in [0.3, 0.4) is 0 Å². The van der Waals surface area contributed by atoms with Gasteiger partial charge in [-0.3, -0.25) is 4.79 Å². The minimum absolute atomic E-state index is 0.148. The van der Waals surface area contributed by atoms with E-state index in [0.29, 0.717) is 5.92 Å². The van der Waals surface area contributed by atoms with E-state index in [2.05, 4.69) is 11.9 Å². The molecule has 4 nitrogen and oxygen atoms in total. The molecule has 1 amide bonds. The van der Waals surface area contributed by atoms with Crippen molar-refractivity contribution in [3.8, 4) is 0 Å². The van der Waals surface area contributed by atoms with Crippen LogP contribution in [-0.4, -0.2) is 61.6 Å². The summed E-state index contributed by atoms with van der Waals surface area (Å²) in [6.07, 6.45) is 2.67. The molecule has 1 aliphatic heterocycles. The Morgan fingerprint density at radius 3 is 3.00 bits per heavy atom. The van der Waals surface area contributed by atoms with Gasteiger partial charge in [0.05, 0.1) is 18.3 Å². The van der Waals surface area contributed by atoms with Crippen molar-refractivity contribution >= 4 is 17.2 Å². The third kappa shape index (κ3) is 3.59. The van der Waals surface area contributed by atoms with Crippen molar-refractivity contribution in [1.82, 2.24) is 9.80 Å². The molecular formula is C15H22N2O2S. The van der Waals surface area contributed by atoms with Crippen molar-refractivity contribution in [3.05, 3.63) is 22.4 Å². The van der Waals surface area contributed by atoms with Gasteiger partial charge in [0.2, 0.25) is 0 Å². The van der Waals surface area contributed by atoms with Gasteiger partial charge in [-0.15, -0.1) is 0 Å². The first-order chi connectivity index (χ1) is 9.72. The summed E-state index contributed by atoms with van der Waals surface area (Å²) in [6, 6.07) is 1.92. The SMILES string of the molecule is CN1CCO[C@@H](CN(CC2CC2)C(=O)c2ccsc2)C1. The van der Waals surface area contributed by atoms with E-state index in [1.807, 2.05) is 21.7 Å². The predicted octanol–water partition coefficient (Wildman–Crippen LogP) is 1.93. The zero-order chi connectivity index (χ0) is 13.9. The molecule has 0 bridgehead atoms. The number of nitrogens with zero attached hydrogens (tertiary/aromatic N) is 2. The Hall–Kier alpha value is -0.910. The summed E-state index contributed by atoms with van der Waals surface area (Å²) in [5.41, 5.74) is 0.819. The second-order valence-electron chi connectivity index (χ2n) is 5.92. The van der Waals surface area contributed by atoms with E-state index in [0.717, 1.165) is 38.3 Å². The molecule has 2 heterocycles. The van der Waals surface area contributed by atoms with Gasteiger partial charge in [0.25, 0.3) is 5.91 Å². The number of hydrogen-bond donors (Lipinski definition) is 0. The van der Waals surface area contributed by atoms with Gasteiger partial charge in [-0.1, -0.05) is 0 Å². The molecule has 0 spiro atoms. The van der Waals surface area contributed by atoms with Crippen LogP contribution >= 0.6 is 11.3 Å². The van der Waals surface area contributed by atoms with Crippen LogP contribution in [0.5, 0.6) is 0 Å². The van der Waals surface area contributed by atoms with Gasteiger partial charge in [0, 0.05) is 31.6 Å². The van der Waals surface area contributed by atoms with E-state index in [-0.39, 0.29) is 12.0 Å². The Kier molecular flexibility index (Phi) is 4.38. The maximum Gasteiger partial charge on any atom is 0.254 e. The van der Waals surface area contributed by atoms with E-state index >= 15 is 0 Å². The van der Waals surface area contributed by atoms with Crippen LogP contribution in [-0.2, 0) is 4.74 Å². The molecule has 0 unspecified atom stereocenters. The molecule has 1 aromatic heterocycles. The lowest BCUT2D eigenvalue weighted by Gasteiger charge is -2.34. The maximum absolute atomic E-state index is 12.6. The van der Waals surface area contributed by atoms with Crippen LogP contribution in [0.1, 0.15) is 23.2 Å². The topological polar surface area (TPSA) is 32.8 Å². The second-order valence-corrected chi connectivity index (χ2v) is 6.70. The largest absolute Gasteiger partial charge is 0.374 e. The third-order valence-electron chi connectivity index (χ3n) is 4.00. The molecule has 0 radical (unpaired) electrons. The molecule has 2 fully saturated rings. The van der Waals surface area contributed by atoms with Crippen LogP contribution in [0.4, 0.5) is 0 Å². The van der Waals surface area contributed by atoms with Gasteiger partial charge in [0.1, 0.15) is 0 Å². The number of likely N-dealkylation sites (N-methyl/N-ethyl adjacent to an activating group) is 1. The first-order valence-corrected chi connectivity index (χ1v) is 8.28. The van der Waals surface area contributed by atoms with E-state index in [4.69, 9.17) is 4.74 Å². The normalized spacial score (nSPS) is 23.8. The van der Waals surface area contributed by atoms with Crippen LogP contribution < -0.4 is 0 Å². The lowest BCUT2D eigenvalue weighted by Crippen LogP contribution is -2.48. The molecule has 3 rings (SSSR count). The highest BCUT2D eigenvalue weighted by Gasteiger charge is 2.30. The Bertz CT molecular complexity index is 445. The summed E-state index contributed by atoms with van der Waals surface area (Å²) in [5.74, 6) is 0.869. The summed E-state index contributed by atoms with van der Waals surface area (Å²) in [5, 5.41) is 3.91. The molecule has 2 aliphatic rings. The fourth-order valence-corrected chi connectivity index (χ4v) is 3.27. The lowest BCUT2D eigenvalue weighted by atomic mass is 10.2. The van der Waals surface area contributed by atoms with Crippen molar-refractivity contribution in [2.75, 3.05) is 39.8 Å². The summed E-state index contributed by atoms with van der Waals surface area (Å²) in [4.78, 5) is 16.9. The Labute approximate surface area is 124 Å². The second kappa shape index (κ2) is 6.24. The first-order valence-electron chi connectivity index (χ1n) is 7.34. The number of amides is 1. The number of carbonyl (C=O) groups excluding carboxylic acids is 1. The highest BCUT2D eigenvalue weighted by molar-refractivity contribution is 7.08. The average Bonchev–Trinajstić information content (AvgIpc) is 3.08. The van der Waals surface area contributed by atoms with Crippen LogP contribution in [0, 0.1) is 5.92 Å². The van der Waals surface area contributed by atoms with Gasteiger partial charge in [-0.05, 0) is 37.3 Å². The van der Waals surface area contributed by atoms with E-state index in [1.54, 1.807) is 11.3 Å². The molecule has 110 valence electrons. The van der Waals surface area contributed by atoms with Crippen molar-refractivity contribution in [3.63, 3.8) is 0 Å². The molecule has 1 saturated carbocycles. The van der Waals surface area contributed by atoms with Crippen molar-refractivity contribution < 1.29 is 9.53 Å². The highest BCUT2D eigenvalue weighted by atomic mass is 32.1. The van der Waals surface area contributed by atoms with E-state index < -0.39 is 0 Å². The van der Waals surface area contributed by atoms with Gasteiger partial charge in [-0.2, -0.15) is 11.3 Å². The first kappa shape index (κ1) is 14.0. The Morgan fingerprint density at radius 1 is 1.50 bits per heavy atom. The quantitative estimate of drug-likeness (QED) is 0.832. The fraction of sp³-hybridized carbons (Fsp3) is 0.667. The Morgan fingerprint density at radius 2 is 2.35 bits per heavy atom. The molecular weight excluding hydrogens is 272 g/mol. The van der Waals surface area contributed by atoms with Crippen molar-refractivity contribution in [1.29, 1.82) is 0 Å². The van der Waals surface area contributed by atoms with Crippen LogP contribution in [0.15, 0.2) is 16.8 Å². The molecule has 1 aliphatic carbocycles. The highest BCUT2D eigenvalue weighted by Crippen LogP contribution is 2.30. The molecule has 0 aromatic carbocycles. The molecule has 5 heteroatoms. The van der Waals surface area contributed by atoms with Crippen molar-refractivity contribution in [2.45, 2.75) is 18.9 Å². The number of carbonyl (C=O) groups is 1. The molecule has 1 atom stereocenters. The van der Waals surface area contributed by atoms with Crippen molar-refractivity contribution in [2.24, 2.45) is 5.92 Å². The number of thiophene rings is 1. The fourth-order valence-electron chi connectivity index (χ4n) is 2.64. The maximum atomic E-state index is 12.6. The minimum atomic E-state index is 0.148. The molecule has 0 N–H and O–H groups in total. The van der Waals surface area contributed by atoms with E-state index in [9.17, 15) is 4.79 Å². The summed E-state index contributed by atoms with van der Waals surface area (Å²) in [6.45, 7) is 4.27. The van der Waals surface area contributed by atoms with E-state index in [1.165, 1.54) is 12.8 Å². The number of morpholine rings is 1. The summed E-state index contributed by atoms with van der Waals surface area (Å²) in [7, 11) is 2.11. The zero-order valence-corrected chi connectivity index (χ0v) is 12.8. The monoisotopic (exact) mass is 294 g/mol. The predicted molar refractivity (Wildman–Crippen MR) is 80.2 cm³/mol. The lowest BCUT2D eigenvalue weighted by molar-refractivity contribution is -0.0331. The average molecular weight is 294 g/mol. The molecule has 1 saturated heterocycles. The standard InChI is InChI=1S/C15H22N2O2S/c1-16-5-6-19-14(9-16)10-17(8-12-2-3-12)15(18)13-4-7-20-11-13/h4,7,11-12,14H,2-3,5-6,8-10H2,1H3/t14-/m1/s1. The van der Waals surface area contributed by atoms with Crippen LogP contribution in [0.25, 0.3) is 0 Å². The smallest absolute Gasteiger partial charge is 0.254 e. The van der Waals surface area contributed by atoms with Gasteiger partial charge < -0.3 is 14.5 Å². The molecule has 1 aromatic rings.